The molecule has 0 atom stereocenters. The second-order valence-corrected chi connectivity index (χ2v) is 7.48. The van der Waals surface area contributed by atoms with E-state index >= 15 is 0 Å². The van der Waals surface area contributed by atoms with Gasteiger partial charge in [-0.3, -0.25) is 14.9 Å². The molecule has 2 N–H and O–H groups in total. The highest BCUT2D eigenvalue weighted by atomic mass is 16.5. The van der Waals surface area contributed by atoms with E-state index in [-0.39, 0.29) is 6.42 Å². The number of nitrogens with one attached hydrogen (secondary N) is 2. The van der Waals surface area contributed by atoms with Crippen molar-refractivity contribution < 1.29 is 19.1 Å². The average molecular weight is 434 g/mol. The Bertz CT molecular complexity index is 1150. The van der Waals surface area contributed by atoms with Gasteiger partial charge in [0.1, 0.15) is 0 Å². The number of carbonyl (C=O) groups excluding carboxylic acids is 3. The number of anilines is 1. The molecular formula is C24H26N4O4. The number of para-hydroxylation sites is 1. The largest absolute Gasteiger partial charge is 0.455 e. The Morgan fingerprint density at radius 3 is 2.41 bits per heavy atom. The van der Waals surface area contributed by atoms with E-state index in [1.165, 1.54) is 0 Å². The molecule has 166 valence electrons. The summed E-state index contributed by atoms with van der Waals surface area (Å²) in [6, 6.07) is 14.4. The maximum absolute atomic E-state index is 12.3. The number of esters is 1. The molecule has 1 heterocycles. The predicted molar refractivity (Wildman–Crippen MR) is 121 cm³/mol. The van der Waals surface area contributed by atoms with Crippen LogP contribution in [0.5, 0.6) is 0 Å². The van der Waals surface area contributed by atoms with E-state index in [0.717, 1.165) is 28.1 Å². The Morgan fingerprint density at radius 1 is 0.969 bits per heavy atom. The van der Waals surface area contributed by atoms with Crippen molar-refractivity contribution in [3.8, 4) is 5.69 Å². The van der Waals surface area contributed by atoms with Crippen molar-refractivity contribution in [2.24, 2.45) is 0 Å². The molecule has 8 nitrogen and oxygen atoms in total. The molecule has 8 heteroatoms. The molecule has 2 aromatic carbocycles. The molecule has 3 rings (SSSR count). The van der Waals surface area contributed by atoms with Crippen LogP contribution in [0.2, 0.25) is 0 Å². The van der Waals surface area contributed by atoms with Crippen molar-refractivity contribution in [1.29, 1.82) is 0 Å². The SMILES string of the molecule is Cc1cccc(NC(=O)NC(=O)COC(=O)Cc2c(C)nn(-c3ccccc3)c2C)c1C. The van der Waals surface area contributed by atoms with Crippen LogP contribution in [0.15, 0.2) is 48.5 Å². The minimum atomic E-state index is -0.713. The van der Waals surface area contributed by atoms with Gasteiger partial charge in [0.05, 0.1) is 17.8 Å². The highest BCUT2D eigenvalue weighted by molar-refractivity contribution is 6.02. The van der Waals surface area contributed by atoms with Crippen molar-refractivity contribution in [2.45, 2.75) is 34.1 Å². The minimum absolute atomic E-state index is 0.0214. The first-order chi connectivity index (χ1) is 15.3. The predicted octanol–water partition coefficient (Wildman–Crippen LogP) is 3.54. The highest BCUT2D eigenvalue weighted by Gasteiger charge is 2.18. The van der Waals surface area contributed by atoms with Crippen LogP contribution in [0, 0.1) is 27.7 Å². The topological polar surface area (TPSA) is 102 Å². The van der Waals surface area contributed by atoms with Crippen LogP contribution < -0.4 is 10.6 Å². The molecule has 0 bridgehead atoms. The standard InChI is InChI=1S/C24H26N4O4/c1-15-9-8-12-21(16(15)2)25-24(31)26-22(29)14-32-23(30)13-20-17(3)27-28(18(20)4)19-10-6-5-7-11-19/h5-12H,13-14H2,1-4H3,(H2,25,26,29,31). The van der Waals surface area contributed by atoms with Gasteiger partial charge in [0.25, 0.3) is 5.91 Å². The van der Waals surface area contributed by atoms with E-state index < -0.39 is 24.5 Å². The molecule has 0 unspecified atom stereocenters. The summed E-state index contributed by atoms with van der Waals surface area (Å²) >= 11 is 0. The first-order valence-electron chi connectivity index (χ1n) is 10.2. The number of imide groups is 1. The number of hydrogen-bond donors (Lipinski definition) is 2. The molecule has 3 amide bonds. The van der Waals surface area contributed by atoms with Crippen LogP contribution in [0.3, 0.4) is 0 Å². The lowest BCUT2D eigenvalue weighted by Crippen LogP contribution is -2.37. The zero-order chi connectivity index (χ0) is 23.3. The van der Waals surface area contributed by atoms with Crippen LogP contribution in [-0.4, -0.2) is 34.3 Å². The fourth-order valence-electron chi connectivity index (χ4n) is 3.30. The maximum atomic E-state index is 12.3. The number of amides is 3. The summed E-state index contributed by atoms with van der Waals surface area (Å²) < 4.78 is 6.82. The lowest BCUT2D eigenvalue weighted by atomic mass is 10.1. The number of hydrogen-bond acceptors (Lipinski definition) is 5. The molecular weight excluding hydrogens is 408 g/mol. The van der Waals surface area contributed by atoms with Gasteiger partial charge in [0.2, 0.25) is 0 Å². The van der Waals surface area contributed by atoms with Gasteiger partial charge in [0.15, 0.2) is 6.61 Å². The molecule has 0 aliphatic carbocycles. The second-order valence-electron chi connectivity index (χ2n) is 7.48. The molecule has 1 aromatic heterocycles. The van der Waals surface area contributed by atoms with Gasteiger partial charge in [-0.1, -0.05) is 30.3 Å². The van der Waals surface area contributed by atoms with E-state index in [2.05, 4.69) is 15.7 Å². The van der Waals surface area contributed by atoms with Gasteiger partial charge >= 0.3 is 12.0 Å². The van der Waals surface area contributed by atoms with Gasteiger partial charge < -0.3 is 10.1 Å². The number of rotatable bonds is 6. The van der Waals surface area contributed by atoms with Crippen molar-refractivity contribution in [2.75, 3.05) is 11.9 Å². The van der Waals surface area contributed by atoms with Crippen molar-refractivity contribution >= 4 is 23.6 Å². The van der Waals surface area contributed by atoms with E-state index in [1.807, 2.05) is 70.2 Å². The van der Waals surface area contributed by atoms with E-state index in [4.69, 9.17) is 4.74 Å². The smallest absolute Gasteiger partial charge is 0.325 e. The number of aryl methyl sites for hydroxylation is 2. The zero-order valence-electron chi connectivity index (χ0n) is 18.6. The van der Waals surface area contributed by atoms with Gasteiger partial charge in [-0.2, -0.15) is 5.10 Å². The Morgan fingerprint density at radius 2 is 1.69 bits per heavy atom. The summed E-state index contributed by atoms with van der Waals surface area (Å²) in [4.78, 5) is 36.4. The average Bonchev–Trinajstić information content (AvgIpc) is 3.04. The Hall–Kier alpha value is -3.94. The van der Waals surface area contributed by atoms with Gasteiger partial charge in [-0.05, 0) is 57.0 Å². The van der Waals surface area contributed by atoms with E-state index in [0.29, 0.717) is 11.4 Å². The summed E-state index contributed by atoms with van der Waals surface area (Å²) in [5, 5.41) is 9.28. The molecule has 32 heavy (non-hydrogen) atoms. The number of benzene rings is 2. The van der Waals surface area contributed by atoms with Crippen LogP contribution in [0.4, 0.5) is 10.5 Å². The van der Waals surface area contributed by atoms with Crippen molar-refractivity contribution in [3.63, 3.8) is 0 Å². The first kappa shape index (κ1) is 22.7. The maximum Gasteiger partial charge on any atom is 0.325 e. The summed E-state index contributed by atoms with van der Waals surface area (Å²) in [6.45, 7) is 6.94. The molecule has 0 aliphatic heterocycles. The summed E-state index contributed by atoms with van der Waals surface area (Å²) in [5.41, 5.74) is 5.69. The number of aromatic nitrogens is 2. The molecule has 0 fully saturated rings. The highest BCUT2D eigenvalue weighted by Crippen LogP contribution is 2.19. The second kappa shape index (κ2) is 9.91. The van der Waals surface area contributed by atoms with Crippen molar-refractivity contribution in [3.05, 3.63) is 76.6 Å². The van der Waals surface area contributed by atoms with Gasteiger partial charge in [0, 0.05) is 16.9 Å². The summed E-state index contributed by atoms with van der Waals surface area (Å²) in [5.74, 6) is -1.29. The molecule has 0 radical (unpaired) electrons. The summed E-state index contributed by atoms with van der Waals surface area (Å²) in [7, 11) is 0. The fourth-order valence-corrected chi connectivity index (χ4v) is 3.30. The lowest BCUT2D eigenvalue weighted by Gasteiger charge is -2.11. The third kappa shape index (κ3) is 5.40. The zero-order valence-corrected chi connectivity index (χ0v) is 18.6. The third-order valence-electron chi connectivity index (χ3n) is 5.23. The molecule has 0 saturated heterocycles. The summed E-state index contributed by atoms with van der Waals surface area (Å²) in [6.07, 6.45) is -0.0214. The van der Waals surface area contributed by atoms with E-state index in [1.54, 1.807) is 10.7 Å². The van der Waals surface area contributed by atoms with Gasteiger partial charge in [-0.25, -0.2) is 9.48 Å². The Labute approximate surface area is 186 Å². The van der Waals surface area contributed by atoms with Gasteiger partial charge in [-0.15, -0.1) is 0 Å². The van der Waals surface area contributed by atoms with Crippen LogP contribution in [-0.2, 0) is 20.7 Å². The first-order valence-corrected chi connectivity index (χ1v) is 10.2. The van der Waals surface area contributed by atoms with Crippen LogP contribution in [0.1, 0.15) is 28.1 Å². The number of carbonyl (C=O) groups is 3. The molecule has 0 spiro atoms. The third-order valence-corrected chi connectivity index (χ3v) is 5.23. The molecule has 3 aromatic rings. The molecule has 0 saturated carbocycles. The minimum Gasteiger partial charge on any atom is -0.455 e. The number of ether oxygens (including phenoxy) is 1. The van der Waals surface area contributed by atoms with Crippen LogP contribution in [0.25, 0.3) is 5.69 Å². The number of nitrogens with zero attached hydrogens (tertiary/aromatic N) is 2. The van der Waals surface area contributed by atoms with Crippen molar-refractivity contribution in [1.82, 2.24) is 15.1 Å². The quantitative estimate of drug-likeness (QED) is 0.578. The molecule has 0 aliphatic rings. The normalized spacial score (nSPS) is 10.5. The van der Waals surface area contributed by atoms with Crippen LogP contribution >= 0.6 is 0 Å². The number of urea groups is 1. The Kier molecular flexibility index (Phi) is 7.04. The van der Waals surface area contributed by atoms with E-state index in [9.17, 15) is 14.4 Å². The fraction of sp³-hybridized carbons (Fsp3) is 0.250. The Balaban J connectivity index is 1.53. The lowest BCUT2D eigenvalue weighted by molar-refractivity contribution is -0.147. The monoisotopic (exact) mass is 434 g/mol.